The molecule has 114 valence electrons. The van der Waals surface area contributed by atoms with Crippen molar-refractivity contribution in [3.8, 4) is 0 Å². The quantitative estimate of drug-likeness (QED) is 0.848. The van der Waals surface area contributed by atoms with Crippen molar-refractivity contribution in [3.63, 3.8) is 0 Å². The number of hydrogen-bond donors (Lipinski definition) is 2. The van der Waals surface area contributed by atoms with Gasteiger partial charge in [-0.25, -0.2) is 4.98 Å². The van der Waals surface area contributed by atoms with Crippen molar-refractivity contribution in [1.29, 1.82) is 0 Å². The zero-order valence-electron chi connectivity index (χ0n) is 13.3. The average Bonchev–Trinajstić information content (AvgIpc) is 2.85. The largest absolute Gasteiger partial charge is 0.346 e. The Morgan fingerprint density at radius 1 is 1.24 bits per heavy atom. The molecule has 4 nitrogen and oxygen atoms in total. The van der Waals surface area contributed by atoms with Crippen LogP contribution in [0.5, 0.6) is 0 Å². The minimum Gasteiger partial charge on any atom is -0.346 e. The first-order valence-corrected chi connectivity index (χ1v) is 7.71. The van der Waals surface area contributed by atoms with Gasteiger partial charge in [-0.2, -0.15) is 0 Å². The van der Waals surface area contributed by atoms with E-state index in [4.69, 9.17) is 0 Å². The summed E-state index contributed by atoms with van der Waals surface area (Å²) >= 11 is 0. The second-order valence-corrected chi connectivity index (χ2v) is 6.36. The number of fused-ring (bicyclic) bond motifs is 1. The summed E-state index contributed by atoms with van der Waals surface area (Å²) in [6, 6.07) is 7.86. The minimum absolute atomic E-state index is 0.0722. The van der Waals surface area contributed by atoms with Crippen molar-refractivity contribution >= 4 is 16.9 Å². The maximum Gasteiger partial charge on any atom is 0.220 e. The van der Waals surface area contributed by atoms with Gasteiger partial charge in [0.2, 0.25) is 5.91 Å². The molecular formula is C17H25N3O. The summed E-state index contributed by atoms with van der Waals surface area (Å²) in [4.78, 5) is 20.0. The van der Waals surface area contributed by atoms with Crippen LogP contribution in [0.25, 0.3) is 11.0 Å². The van der Waals surface area contributed by atoms with E-state index >= 15 is 0 Å². The Hall–Kier alpha value is -1.84. The number of para-hydroxylation sites is 2. The molecule has 0 fully saturated rings. The SMILES string of the molecule is CC(C)CCC(=O)NC(c1nc2ccccc2[nH]1)C(C)C. The highest BCUT2D eigenvalue weighted by Gasteiger charge is 2.21. The summed E-state index contributed by atoms with van der Waals surface area (Å²) in [6.07, 6.45) is 1.48. The van der Waals surface area contributed by atoms with Crippen LogP contribution in [0.1, 0.15) is 52.4 Å². The molecule has 1 amide bonds. The highest BCUT2D eigenvalue weighted by atomic mass is 16.1. The molecule has 1 atom stereocenters. The van der Waals surface area contributed by atoms with E-state index in [0.29, 0.717) is 12.3 Å². The summed E-state index contributed by atoms with van der Waals surface area (Å²) in [5, 5.41) is 3.12. The predicted molar refractivity (Wildman–Crippen MR) is 85.9 cm³/mol. The number of H-pyrrole nitrogens is 1. The molecule has 0 saturated heterocycles. The predicted octanol–water partition coefficient (Wildman–Crippen LogP) is 3.81. The standard InChI is InChI=1S/C17H25N3O/c1-11(2)9-10-15(21)20-16(12(3)4)17-18-13-7-5-6-8-14(13)19-17/h5-8,11-12,16H,9-10H2,1-4H3,(H,18,19)(H,20,21). The van der Waals surface area contributed by atoms with E-state index < -0.39 is 0 Å². The third-order valence-corrected chi connectivity index (χ3v) is 3.63. The number of benzene rings is 1. The van der Waals surface area contributed by atoms with Gasteiger partial charge in [0.1, 0.15) is 5.82 Å². The number of aromatic amines is 1. The molecule has 1 unspecified atom stereocenters. The van der Waals surface area contributed by atoms with Gasteiger partial charge in [0.05, 0.1) is 17.1 Å². The van der Waals surface area contributed by atoms with Crippen LogP contribution in [0.4, 0.5) is 0 Å². The van der Waals surface area contributed by atoms with Crippen LogP contribution in [-0.2, 0) is 4.79 Å². The van der Waals surface area contributed by atoms with Gasteiger partial charge in [0.25, 0.3) is 0 Å². The lowest BCUT2D eigenvalue weighted by molar-refractivity contribution is -0.122. The van der Waals surface area contributed by atoms with Gasteiger partial charge in [-0.15, -0.1) is 0 Å². The van der Waals surface area contributed by atoms with Crippen molar-refractivity contribution < 1.29 is 4.79 Å². The molecule has 0 aliphatic heterocycles. The van der Waals surface area contributed by atoms with Crippen molar-refractivity contribution in [2.75, 3.05) is 0 Å². The number of rotatable bonds is 6. The topological polar surface area (TPSA) is 57.8 Å². The molecule has 0 aliphatic rings. The highest BCUT2D eigenvalue weighted by molar-refractivity contribution is 5.77. The van der Waals surface area contributed by atoms with E-state index in [2.05, 4.69) is 43.0 Å². The lowest BCUT2D eigenvalue weighted by Crippen LogP contribution is -2.32. The Labute approximate surface area is 126 Å². The fraction of sp³-hybridized carbons (Fsp3) is 0.529. The van der Waals surface area contributed by atoms with Crippen molar-refractivity contribution in [2.45, 2.75) is 46.6 Å². The van der Waals surface area contributed by atoms with Gasteiger partial charge < -0.3 is 10.3 Å². The van der Waals surface area contributed by atoms with E-state index in [1.54, 1.807) is 0 Å². The second-order valence-electron chi connectivity index (χ2n) is 6.36. The Kier molecular flexibility index (Phi) is 4.99. The maximum atomic E-state index is 12.1. The van der Waals surface area contributed by atoms with Crippen molar-refractivity contribution in [3.05, 3.63) is 30.1 Å². The molecule has 21 heavy (non-hydrogen) atoms. The van der Waals surface area contributed by atoms with Crippen LogP contribution in [0.2, 0.25) is 0 Å². The number of hydrogen-bond acceptors (Lipinski definition) is 2. The molecule has 2 rings (SSSR count). The molecule has 2 aromatic rings. The van der Waals surface area contributed by atoms with E-state index in [1.807, 2.05) is 24.3 Å². The van der Waals surface area contributed by atoms with Crippen LogP contribution in [0.15, 0.2) is 24.3 Å². The zero-order valence-corrected chi connectivity index (χ0v) is 13.3. The summed E-state index contributed by atoms with van der Waals surface area (Å²) < 4.78 is 0. The average molecular weight is 287 g/mol. The third kappa shape index (κ3) is 4.06. The summed E-state index contributed by atoms with van der Waals surface area (Å²) in [5.41, 5.74) is 1.95. The number of amides is 1. The van der Waals surface area contributed by atoms with Gasteiger partial charge in [0.15, 0.2) is 0 Å². The van der Waals surface area contributed by atoms with Crippen LogP contribution in [0.3, 0.4) is 0 Å². The molecule has 1 aromatic heterocycles. The number of aromatic nitrogens is 2. The summed E-state index contributed by atoms with van der Waals surface area (Å²) in [5.74, 6) is 1.76. The molecule has 0 saturated carbocycles. The van der Waals surface area contributed by atoms with Crippen LogP contribution < -0.4 is 5.32 Å². The Morgan fingerprint density at radius 2 is 1.95 bits per heavy atom. The molecule has 0 radical (unpaired) electrons. The third-order valence-electron chi connectivity index (χ3n) is 3.63. The Bertz CT molecular complexity index is 568. The normalized spacial score (nSPS) is 13.0. The fourth-order valence-electron chi connectivity index (χ4n) is 2.34. The van der Waals surface area contributed by atoms with Gasteiger partial charge in [-0.05, 0) is 30.4 Å². The zero-order chi connectivity index (χ0) is 15.4. The number of carbonyl (C=O) groups excluding carboxylic acids is 1. The fourth-order valence-corrected chi connectivity index (χ4v) is 2.34. The van der Waals surface area contributed by atoms with Crippen LogP contribution in [0, 0.1) is 11.8 Å². The summed E-state index contributed by atoms with van der Waals surface area (Å²) in [6.45, 7) is 8.46. The van der Waals surface area contributed by atoms with Crippen LogP contribution >= 0.6 is 0 Å². The van der Waals surface area contributed by atoms with Crippen LogP contribution in [-0.4, -0.2) is 15.9 Å². The molecule has 1 heterocycles. The summed E-state index contributed by atoms with van der Waals surface area (Å²) in [7, 11) is 0. The van der Waals surface area contributed by atoms with E-state index in [-0.39, 0.29) is 17.9 Å². The lowest BCUT2D eigenvalue weighted by atomic mass is 10.0. The van der Waals surface area contributed by atoms with E-state index in [9.17, 15) is 4.79 Å². The Morgan fingerprint density at radius 3 is 2.57 bits per heavy atom. The molecule has 0 spiro atoms. The van der Waals surface area contributed by atoms with Gasteiger partial charge >= 0.3 is 0 Å². The lowest BCUT2D eigenvalue weighted by Gasteiger charge is -2.20. The number of carbonyl (C=O) groups is 1. The first kappa shape index (κ1) is 15.5. The maximum absolute atomic E-state index is 12.1. The van der Waals surface area contributed by atoms with Crippen molar-refractivity contribution in [2.24, 2.45) is 11.8 Å². The highest BCUT2D eigenvalue weighted by Crippen LogP contribution is 2.22. The monoisotopic (exact) mass is 287 g/mol. The van der Waals surface area contributed by atoms with Gasteiger partial charge in [-0.1, -0.05) is 39.8 Å². The first-order chi connectivity index (χ1) is 9.97. The van der Waals surface area contributed by atoms with E-state index in [1.165, 1.54) is 0 Å². The van der Waals surface area contributed by atoms with E-state index in [0.717, 1.165) is 23.3 Å². The van der Waals surface area contributed by atoms with Gasteiger partial charge in [-0.3, -0.25) is 4.79 Å². The second kappa shape index (κ2) is 6.74. The molecule has 1 aromatic carbocycles. The minimum atomic E-state index is -0.0722. The molecule has 2 N–H and O–H groups in total. The molecule has 4 heteroatoms. The molecule has 0 bridgehead atoms. The molecule has 0 aliphatic carbocycles. The van der Waals surface area contributed by atoms with Crippen molar-refractivity contribution in [1.82, 2.24) is 15.3 Å². The number of imidazole rings is 1. The number of nitrogens with one attached hydrogen (secondary N) is 2. The number of nitrogens with zero attached hydrogens (tertiary/aromatic N) is 1. The smallest absolute Gasteiger partial charge is 0.220 e. The van der Waals surface area contributed by atoms with Gasteiger partial charge in [0, 0.05) is 6.42 Å². The molecular weight excluding hydrogens is 262 g/mol. The Balaban J connectivity index is 2.13. The first-order valence-electron chi connectivity index (χ1n) is 7.71.